The fraction of sp³-hybridized carbons (Fsp3) is 0.750. The average Bonchev–Trinajstić information content (AvgIpc) is 2.69. The lowest BCUT2D eigenvalue weighted by Gasteiger charge is -2.00. The topological polar surface area (TPSA) is 29.9 Å². The summed E-state index contributed by atoms with van der Waals surface area (Å²) in [6.45, 7) is 7.65. The summed E-state index contributed by atoms with van der Waals surface area (Å²) in [4.78, 5) is 4.39. The quantitative estimate of drug-likeness (QED) is 0.665. The van der Waals surface area contributed by atoms with Crippen molar-refractivity contribution >= 4 is 0 Å². The molecule has 0 saturated heterocycles. The molecule has 0 aromatic carbocycles. The Morgan fingerprint density at radius 1 is 1.27 bits per heavy atom. The molecule has 0 atom stereocenters. The van der Waals surface area contributed by atoms with E-state index in [-0.39, 0.29) is 0 Å². The molecule has 0 fully saturated rings. The minimum atomic E-state index is 1.04. The smallest absolute Gasteiger partial charge is 0.0949 e. The van der Waals surface area contributed by atoms with Crippen molar-refractivity contribution in [2.45, 2.75) is 46.1 Å². The first-order valence-electron chi connectivity index (χ1n) is 6.08. The van der Waals surface area contributed by atoms with Crippen LogP contribution in [0.3, 0.4) is 0 Å². The Bertz CT molecular complexity index is 255. The highest BCUT2D eigenvalue weighted by molar-refractivity contribution is 4.97. The van der Waals surface area contributed by atoms with Crippen molar-refractivity contribution in [3.63, 3.8) is 0 Å². The first-order chi connectivity index (χ1) is 7.36. The minimum absolute atomic E-state index is 1.04. The molecule has 0 unspecified atom stereocenters. The first kappa shape index (κ1) is 12.2. The second-order valence-corrected chi connectivity index (χ2v) is 3.96. The van der Waals surface area contributed by atoms with Gasteiger partial charge >= 0.3 is 0 Å². The summed E-state index contributed by atoms with van der Waals surface area (Å²) in [5.41, 5.74) is 1.20. The van der Waals surface area contributed by atoms with E-state index in [2.05, 4.69) is 34.9 Å². The molecule has 15 heavy (non-hydrogen) atoms. The van der Waals surface area contributed by atoms with E-state index in [4.69, 9.17) is 0 Å². The fourth-order valence-electron chi connectivity index (χ4n) is 1.52. The van der Waals surface area contributed by atoms with E-state index in [1.165, 1.54) is 25.0 Å². The monoisotopic (exact) mass is 209 g/mol. The van der Waals surface area contributed by atoms with Gasteiger partial charge in [-0.1, -0.05) is 20.3 Å². The van der Waals surface area contributed by atoms with Crippen molar-refractivity contribution in [2.24, 2.45) is 0 Å². The summed E-state index contributed by atoms with van der Waals surface area (Å²) in [5.74, 6) is 0. The number of rotatable bonds is 8. The van der Waals surface area contributed by atoms with Crippen LogP contribution >= 0.6 is 0 Å². The van der Waals surface area contributed by atoms with E-state index in [1.54, 1.807) is 0 Å². The zero-order valence-electron chi connectivity index (χ0n) is 10.00. The molecule has 1 heterocycles. The zero-order chi connectivity index (χ0) is 10.9. The molecule has 0 bridgehead atoms. The molecule has 3 heteroatoms. The lowest BCUT2D eigenvalue weighted by molar-refractivity contribution is 0.629. The van der Waals surface area contributed by atoms with Gasteiger partial charge in [0.05, 0.1) is 12.0 Å². The molecular formula is C12H23N3. The standard InChI is InChI=1S/C12H23N3/c1-3-5-9-15-10-12(14-11-15)6-8-13-7-4-2/h10-11,13H,3-9H2,1-2H3. The van der Waals surface area contributed by atoms with Crippen LogP contribution in [0.15, 0.2) is 12.5 Å². The highest BCUT2D eigenvalue weighted by Crippen LogP contribution is 1.99. The van der Waals surface area contributed by atoms with Crippen molar-refractivity contribution in [2.75, 3.05) is 13.1 Å². The molecule has 0 aliphatic carbocycles. The van der Waals surface area contributed by atoms with Gasteiger partial charge in [-0.3, -0.25) is 0 Å². The minimum Gasteiger partial charge on any atom is -0.337 e. The third-order valence-corrected chi connectivity index (χ3v) is 2.44. The lowest BCUT2D eigenvalue weighted by Crippen LogP contribution is -2.17. The summed E-state index contributed by atoms with van der Waals surface area (Å²) < 4.78 is 2.19. The third kappa shape index (κ3) is 4.98. The van der Waals surface area contributed by atoms with E-state index in [0.29, 0.717) is 0 Å². The van der Waals surface area contributed by atoms with Gasteiger partial charge in [0.15, 0.2) is 0 Å². The van der Waals surface area contributed by atoms with E-state index >= 15 is 0 Å². The molecule has 0 radical (unpaired) electrons. The summed E-state index contributed by atoms with van der Waals surface area (Å²) in [6, 6.07) is 0. The number of imidazole rings is 1. The summed E-state index contributed by atoms with van der Waals surface area (Å²) >= 11 is 0. The summed E-state index contributed by atoms with van der Waals surface area (Å²) in [6.07, 6.45) is 8.84. The molecule has 3 nitrogen and oxygen atoms in total. The van der Waals surface area contributed by atoms with Crippen LogP contribution in [-0.2, 0) is 13.0 Å². The Morgan fingerprint density at radius 3 is 2.87 bits per heavy atom. The fourth-order valence-corrected chi connectivity index (χ4v) is 1.52. The van der Waals surface area contributed by atoms with Crippen LogP contribution in [-0.4, -0.2) is 22.6 Å². The number of hydrogen-bond acceptors (Lipinski definition) is 2. The third-order valence-electron chi connectivity index (χ3n) is 2.44. The van der Waals surface area contributed by atoms with Crippen molar-refractivity contribution < 1.29 is 0 Å². The summed E-state index contributed by atoms with van der Waals surface area (Å²) in [5, 5.41) is 3.39. The number of aryl methyl sites for hydroxylation is 1. The molecule has 1 rings (SSSR count). The number of nitrogens with zero attached hydrogens (tertiary/aromatic N) is 2. The van der Waals surface area contributed by atoms with Crippen molar-refractivity contribution in [3.05, 3.63) is 18.2 Å². The van der Waals surface area contributed by atoms with Gasteiger partial charge in [-0.15, -0.1) is 0 Å². The number of hydrogen-bond donors (Lipinski definition) is 1. The van der Waals surface area contributed by atoms with Crippen LogP contribution in [0.1, 0.15) is 38.8 Å². The molecular weight excluding hydrogens is 186 g/mol. The Kier molecular flexibility index (Phi) is 6.09. The Hall–Kier alpha value is -0.830. The van der Waals surface area contributed by atoms with Gasteiger partial charge in [-0.25, -0.2) is 4.98 Å². The van der Waals surface area contributed by atoms with Gasteiger partial charge in [0.2, 0.25) is 0 Å². The largest absolute Gasteiger partial charge is 0.337 e. The predicted molar refractivity (Wildman–Crippen MR) is 64.0 cm³/mol. The highest BCUT2D eigenvalue weighted by atomic mass is 15.0. The number of unbranched alkanes of at least 4 members (excludes halogenated alkanes) is 1. The maximum Gasteiger partial charge on any atom is 0.0949 e. The molecule has 0 saturated carbocycles. The normalized spacial score (nSPS) is 10.8. The van der Waals surface area contributed by atoms with Gasteiger partial charge < -0.3 is 9.88 Å². The van der Waals surface area contributed by atoms with Crippen molar-refractivity contribution in [3.8, 4) is 0 Å². The van der Waals surface area contributed by atoms with Gasteiger partial charge in [-0.2, -0.15) is 0 Å². The second kappa shape index (κ2) is 7.46. The van der Waals surface area contributed by atoms with Crippen LogP contribution in [0.25, 0.3) is 0 Å². The van der Waals surface area contributed by atoms with Gasteiger partial charge in [0.25, 0.3) is 0 Å². The zero-order valence-corrected chi connectivity index (χ0v) is 10.00. The van der Waals surface area contributed by atoms with Crippen LogP contribution < -0.4 is 5.32 Å². The maximum atomic E-state index is 4.39. The Labute approximate surface area is 92.9 Å². The molecule has 1 aromatic rings. The van der Waals surface area contributed by atoms with Crippen LogP contribution in [0.2, 0.25) is 0 Å². The molecule has 86 valence electrons. The van der Waals surface area contributed by atoms with Crippen LogP contribution in [0.5, 0.6) is 0 Å². The number of aromatic nitrogens is 2. The second-order valence-electron chi connectivity index (χ2n) is 3.96. The molecule has 0 amide bonds. The van der Waals surface area contributed by atoms with Gasteiger partial charge in [0.1, 0.15) is 0 Å². The molecule has 1 N–H and O–H groups in total. The molecule has 0 aliphatic rings. The highest BCUT2D eigenvalue weighted by Gasteiger charge is 1.97. The van der Waals surface area contributed by atoms with Crippen molar-refractivity contribution in [1.29, 1.82) is 0 Å². The van der Waals surface area contributed by atoms with E-state index in [1.807, 2.05) is 6.33 Å². The van der Waals surface area contributed by atoms with E-state index in [0.717, 1.165) is 26.1 Å². The lowest BCUT2D eigenvalue weighted by atomic mass is 10.3. The summed E-state index contributed by atoms with van der Waals surface area (Å²) in [7, 11) is 0. The van der Waals surface area contributed by atoms with E-state index < -0.39 is 0 Å². The maximum absolute atomic E-state index is 4.39. The van der Waals surface area contributed by atoms with Crippen molar-refractivity contribution in [1.82, 2.24) is 14.9 Å². The molecule has 1 aromatic heterocycles. The van der Waals surface area contributed by atoms with Gasteiger partial charge in [-0.05, 0) is 19.4 Å². The average molecular weight is 209 g/mol. The Balaban J connectivity index is 2.20. The molecule has 0 aliphatic heterocycles. The Morgan fingerprint density at radius 2 is 2.13 bits per heavy atom. The first-order valence-corrected chi connectivity index (χ1v) is 6.08. The molecule has 0 spiro atoms. The predicted octanol–water partition coefficient (Wildman–Crippen LogP) is 2.23. The van der Waals surface area contributed by atoms with Crippen LogP contribution in [0.4, 0.5) is 0 Å². The number of nitrogens with one attached hydrogen (secondary N) is 1. The van der Waals surface area contributed by atoms with Gasteiger partial charge in [0, 0.05) is 25.7 Å². The van der Waals surface area contributed by atoms with Crippen LogP contribution in [0, 0.1) is 0 Å². The SMILES string of the molecule is CCCCn1cnc(CCNCCC)c1. The van der Waals surface area contributed by atoms with E-state index in [9.17, 15) is 0 Å².